The number of aliphatic hydroxyl groups excluding tert-OH is 1. The SMILES string of the molecule is CN(C)C(C)(C)C1CCN(c2cc(F)c(SNc3cccc(F)n3)c(F)c2Cl)C1.CO. The number of halogens is 4. The molecule has 172 valence electrons. The highest BCUT2D eigenvalue weighted by Crippen LogP contribution is 2.40. The molecule has 2 aromatic rings. The summed E-state index contributed by atoms with van der Waals surface area (Å²) in [6, 6.07) is 5.40. The third-order valence-electron chi connectivity index (χ3n) is 5.75. The molecule has 0 saturated carbocycles. The number of anilines is 2. The zero-order valence-electron chi connectivity index (χ0n) is 18.2. The Morgan fingerprint density at radius 1 is 1.26 bits per heavy atom. The van der Waals surface area contributed by atoms with Gasteiger partial charge in [-0.1, -0.05) is 17.7 Å². The smallest absolute Gasteiger partial charge is 0.214 e. The predicted octanol–water partition coefficient (Wildman–Crippen LogP) is 5.05. The fourth-order valence-corrected chi connectivity index (χ4v) is 4.37. The van der Waals surface area contributed by atoms with Crippen molar-refractivity contribution in [1.82, 2.24) is 9.88 Å². The van der Waals surface area contributed by atoms with E-state index in [-0.39, 0.29) is 21.3 Å². The molecular weight excluding hydrogens is 449 g/mol. The Morgan fingerprint density at radius 2 is 1.94 bits per heavy atom. The highest BCUT2D eigenvalue weighted by Gasteiger charge is 2.37. The Bertz CT molecular complexity index is 901. The third kappa shape index (κ3) is 5.77. The summed E-state index contributed by atoms with van der Waals surface area (Å²) in [4.78, 5) is 7.42. The van der Waals surface area contributed by atoms with E-state index in [2.05, 4.69) is 28.5 Å². The van der Waals surface area contributed by atoms with Crippen LogP contribution in [0.1, 0.15) is 20.3 Å². The highest BCUT2D eigenvalue weighted by atomic mass is 35.5. The van der Waals surface area contributed by atoms with Gasteiger partial charge in [0.1, 0.15) is 21.6 Å². The van der Waals surface area contributed by atoms with E-state index in [0.29, 0.717) is 36.6 Å². The number of rotatable bonds is 6. The van der Waals surface area contributed by atoms with Crippen molar-refractivity contribution < 1.29 is 18.3 Å². The Balaban J connectivity index is 0.00000166. The summed E-state index contributed by atoms with van der Waals surface area (Å²) in [5.74, 6) is -1.76. The number of nitrogens with zero attached hydrogens (tertiary/aromatic N) is 3. The molecule has 2 N–H and O–H groups in total. The van der Waals surface area contributed by atoms with Crippen LogP contribution >= 0.6 is 23.5 Å². The fraction of sp³-hybridized carbons (Fsp3) is 0.476. The molecule has 1 fully saturated rings. The maximum absolute atomic E-state index is 14.9. The summed E-state index contributed by atoms with van der Waals surface area (Å²) in [7, 11) is 5.06. The molecule has 1 saturated heterocycles. The zero-order valence-corrected chi connectivity index (χ0v) is 19.8. The maximum atomic E-state index is 14.9. The number of hydrogen-bond acceptors (Lipinski definition) is 6. The molecule has 31 heavy (non-hydrogen) atoms. The summed E-state index contributed by atoms with van der Waals surface area (Å²) in [5.41, 5.74) is 0.308. The molecule has 1 atom stereocenters. The van der Waals surface area contributed by atoms with Crippen molar-refractivity contribution in [3.8, 4) is 0 Å². The van der Waals surface area contributed by atoms with Gasteiger partial charge in [-0.2, -0.15) is 4.39 Å². The predicted molar refractivity (Wildman–Crippen MR) is 121 cm³/mol. The molecule has 0 spiro atoms. The summed E-state index contributed by atoms with van der Waals surface area (Å²) >= 11 is 6.94. The van der Waals surface area contributed by atoms with Crippen molar-refractivity contribution in [2.45, 2.75) is 30.7 Å². The lowest BCUT2D eigenvalue weighted by Crippen LogP contribution is -2.46. The van der Waals surface area contributed by atoms with Crippen LogP contribution in [0, 0.1) is 23.5 Å². The molecule has 3 rings (SSSR count). The quantitative estimate of drug-likeness (QED) is 0.346. The molecule has 1 aliphatic rings. The third-order valence-corrected chi connectivity index (χ3v) is 7.00. The van der Waals surface area contributed by atoms with Gasteiger partial charge < -0.3 is 19.6 Å². The van der Waals surface area contributed by atoms with Gasteiger partial charge in [0, 0.05) is 31.8 Å². The average molecular weight is 477 g/mol. The molecule has 0 bridgehead atoms. The molecule has 0 radical (unpaired) electrons. The van der Waals surface area contributed by atoms with E-state index in [1.165, 1.54) is 24.3 Å². The first kappa shape index (κ1) is 25.6. The lowest BCUT2D eigenvalue weighted by atomic mass is 9.86. The summed E-state index contributed by atoms with van der Waals surface area (Å²) in [6.07, 6.45) is 0.911. The number of pyridine rings is 1. The van der Waals surface area contributed by atoms with Crippen LogP contribution in [0.5, 0.6) is 0 Å². The second-order valence-corrected chi connectivity index (χ2v) is 9.06. The molecule has 1 aromatic heterocycles. The van der Waals surface area contributed by atoms with E-state index in [1.54, 1.807) is 0 Å². The van der Waals surface area contributed by atoms with Crippen LogP contribution in [0.4, 0.5) is 24.7 Å². The van der Waals surface area contributed by atoms with Crippen LogP contribution < -0.4 is 9.62 Å². The molecular formula is C21H28ClF3N4OS. The maximum Gasteiger partial charge on any atom is 0.214 e. The van der Waals surface area contributed by atoms with Crippen LogP contribution in [0.3, 0.4) is 0 Å². The lowest BCUT2D eigenvalue weighted by molar-refractivity contribution is 0.127. The van der Waals surface area contributed by atoms with Gasteiger partial charge in [0.25, 0.3) is 0 Å². The first-order valence-corrected chi connectivity index (χ1v) is 10.9. The monoisotopic (exact) mass is 476 g/mol. The molecule has 2 heterocycles. The van der Waals surface area contributed by atoms with Gasteiger partial charge in [-0.15, -0.1) is 0 Å². The van der Waals surface area contributed by atoms with Gasteiger partial charge in [-0.05, 0) is 64.4 Å². The minimum absolute atomic E-state index is 0.0456. The summed E-state index contributed by atoms with van der Waals surface area (Å²) < 4.78 is 45.4. The Kier molecular flexibility index (Phi) is 8.88. The van der Waals surface area contributed by atoms with E-state index in [9.17, 15) is 13.2 Å². The van der Waals surface area contributed by atoms with Crippen molar-refractivity contribution in [3.63, 3.8) is 0 Å². The fourth-order valence-electron chi connectivity index (χ4n) is 3.38. The highest BCUT2D eigenvalue weighted by molar-refractivity contribution is 8.00. The molecule has 1 aromatic carbocycles. The molecule has 0 aliphatic carbocycles. The van der Waals surface area contributed by atoms with Crippen molar-refractivity contribution in [2.75, 3.05) is 43.9 Å². The number of benzene rings is 1. The van der Waals surface area contributed by atoms with Crippen LogP contribution in [-0.4, -0.2) is 54.8 Å². The Morgan fingerprint density at radius 3 is 2.55 bits per heavy atom. The first-order chi connectivity index (χ1) is 14.6. The van der Waals surface area contributed by atoms with Gasteiger partial charge in [-0.3, -0.25) is 0 Å². The van der Waals surface area contributed by atoms with E-state index >= 15 is 0 Å². The molecule has 10 heteroatoms. The Labute approximate surface area is 190 Å². The second kappa shape index (κ2) is 10.8. The minimum Gasteiger partial charge on any atom is -0.400 e. The number of aliphatic hydroxyl groups is 1. The van der Waals surface area contributed by atoms with Gasteiger partial charge in [0.15, 0.2) is 5.82 Å². The largest absolute Gasteiger partial charge is 0.400 e. The topological polar surface area (TPSA) is 51.6 Å². The molecule has 1 unspecified atom stereocenters. The van der Waals surface area contributed by atoms with Gasteiger partial charge >= 0.3 is 0 Å². The normalized spacial score (nSPS) is 16.4. The van der Waals surface area contributed by atoms with Crippen molar-refractivity contribution in [2.24, 2.45) is 5.92 Å². The number of nitrogens with one attached hydrogen (secondary N) is 1. The van der Waals surface area contributed by atoms with E-state index in [1.807, 2.05) is 19.0 Å². The minimum atomic E-state index is -0.842. The zero-order chi connectivity index (χ0) is 23.3. The van der Waals surface area contributed by atoms with Crippen LogP contribution in [0.2, 0.25) is 5.02 Å². The standard InChI is InChI=1S/C20H24ClF3N4S.CH4O/c1-20(2,27(3)4)12-8-9-28(11-12)14-10-13(22)19(18(24)17(14)21)29-26-16-7-5-6-15(23)25-16;1-2/h5-7,10,12H,8-9,11H2,1-4H3,(H,25,26);2H,1H3. The van der Waals surface area contributed by atoms with E-state index in [0.717, 1.165) is 13.5 Å². The number of hydrogen-bond donors (Lipinski definition) is 2. The summed E-state index contributed by atoms with van der Waals surface area (Å²) in [6.45, 7) is 5.67. The Hall–Kier alpha value is -1.68. The lowest BCUT2D eigenvalue weighted by Gasteiger charge is -2.38. The number of aromatic nitrogens is 1. The molecule has 5 nitrogen and oxygen atoms in total. The van der Waals surface area contributed by atoms with Crippen LogP contribution in [0.15, 0.2) is 29.2 Å². The van der Waals surface area contributed by atoms with Crippen molar-refractivity contribution in [1.29, 1.82) is 0 Å². The first-order valence-electron chi connectivity index (χ1n) is 9.71. The van der Waals surface area contributed by atoms with E-state index < -0.39 is 17.6 Å². The average Bonchev–Trinajstić information content (AvgIpc) is 3.23. The van der Waals surface area contributed by atoms with Gasteiger partial charge in [0.2, 0.25) is 5.95 Å². The van der Waals surface area contributed by atoms with Gasteiger partial charge in [-0.25, -0.2) is 13.8 Å². The van der Waals surface area contributed by atoms with Crippen molar-refractivity contribution in [3.05, 3.63) is 46.9 Å². The van der Waals surface area contributed by atoms with Crippen molar-refractivity contribution >= 4 is 35.1 Å². The van der Waals surface area contributed by atoms with E-state index in [4.69, 9.17) is 16.7 Å². The molecule has 1 aliphatic heterocycles. The second-order valence-electron chi connectivity index (χ2n) is 7.86. The molecule has 0 amide bonds. The van der Waals surface area contributed by atoms with Crippen LogP contribution in [-0.2, 0) is 0 Å². The van der Waals surface area contributed by atoms with Crippen LogP contribution in [0.25, 0.3) is 0 Å². The summed E-state index contributed by atoms with van der Waals surface area (Å²) in [5, 5.41) is 6.88. The van der Waals surface area contributed by atoms with Gasteiger partial charge in [0.05, 0.1) is 5.69 Å².